The molecule has 137 heavy (non-hydrogen) atoms. The summed E-state index contributed by atoms with van der Waals surface area (Å²) in [6, 6.07) is 10.5. The number of Topliss-reactive ketones (excluding diaryl/α,β-unsaturated/α-hetero) is 3. The van der Waals surface area contributed by atoms with Crippen LogP contribution in [0.1, 0.15) is 201 Å². The highest BCUT2D eigenvalue weighted by molar-refractivity contribution is 7.89. The Bertz CT molecular complexity index is 4770. The van der Waals surface area contributed by atoms with Crippen molar-refractivity contribution >= 4 is 79.2 Å². The van der Waals surface area contributed by atoms with Crippen molar-refractivity contribution in [1.29, 1.82) is 0 Å². The molecule has 1 saturated carbocycles. The van der Waals surface area contributed by atoms with Gasteiger partial charge in [-0.1, -0.05) is 103 Å². The molecule has 1 aliphatic carbocycles. The summed E-state index contributed by atoms with van der Waals surface area (Å²) in [5, 5.41) is 41.0. The Morgan fingerprint density at radius 1 is 0.686 bits per heavy atom. The summed E-state index contributed by atoms with van der Waals surface area (Å²) in [6.45, 7) is 26.7. The van der Waals surface area contributed by atoms with Gasteiger partial charge in [-0.05, 0) is 174 Å². The SMILES string of the molecule is CCCOCCOCCOCCOCCOCCOCCC.COCCC(=O)CCCS(=O)(=O)N1CCc2cc(Cn3nc(-c4ccc5oc(N)nc5c4)c4c(N)ncnc43)ccc2C1.COCCCC(=O)O[C@@H]1CC[C@@H](C[C@@H](C)[C@@H]2C[C@@H](O)[C@H](C)/C=C(\C)[C@@H](O)[C@@H](OC)C(=O)[C@H](C)C[C@H](C)/C=C/C=C/C=C(\C)[C@@H](OC)C[C@@H]3CC[C@@H](C)[C@@](O)(O3)C(=O)C(=O)N3CCCC[C@H]3C(=O)O2)C[C@H]1OC. The highest BCUT2D eigenvalue weighted by atomic mass is 32.2. The van der Waals surface area contributed by atoms with Gasteiger partial charge in [-0.2, -0.15) is 14.4 Å². The summed E-state index contributed by atoms with van der Waals surface area (Å²) in [5.41, 5.74) is 19.5. The number of cyclic esters (lactones) is 1. The maximum atomic E-state index is 14.6. The number of anilines is 2. The Morgan fingerprint density at radius 2 is 1.36 bits per heavy atom. The molecule has 766 valence electrons. The number of piperidine rings is 1. The van der Waals surface area contributed by atoms with Crippen LogP contribution in [0.5, 0.6) is 0 Å². The number of carbonyl (C=O) groups excluding carboxylic acids is 6. The van der Waals surface area contributed by atoms with E-state index in [1.54, 1.807) is 58.9 Å². The van der Waals surface area contributed by atoms with Gasteiger partial charge in [-0.3, -0.25) is 24.0 Å². The number of allylic oxidation sites excluding steroid dienone is 5. The van der Waals surface area contributed by atoms with Gasteiger partial charge in [-0.15, -0.1) is 0 Å². The van der Waals surface area contributed by atoms with Gasteiger partial charge < -0.3 is 102 Å². The molecule has 0 radical (unpaired) electrons. The normalized spacial score (nSPS) is 26.4. The van der Waals surface area contributed by atoms with Gasteiger partial charge in [0.2, 0.25) is 15.8 Å². The Morgan fingerprint density at radius 3 is 2.01 bits per heavy atom. The molecule has 2 aromatic carbocycles. The van der Waals surface area contributed by atoms with Crippen LogP contribution in [0.15, 0.2) is 94.7 Å². The number of nitrogen functional groups attached to an aromatic ring is 2. The predicted octanol–water partition coefficient (Wildman–Crippen LogP) is 11.8. The fourth-order valence-corrected chi connectivity index (χ4v) is 19.4. The number of methoxy groups -OCH3 is 5. The van der Waals surface area contributed by atoms with Crippen LogP contribution in [-0.2, 0) is 125 Å². The number of ketones is 3. The second kappa shape index (κ2) is 59.5. The first-order valence-electron chi connectivity index (χ1n) is 48.8. The van der Waals surface area contributed by atoms with Crippen molar-refractivity contribution in [3.05, 3.63) is 107 Å². The number of carbonyl (C=O) groups is 6. The number of hydrogen-bond donors (Lipinski definition) is 5. The minimum atomic E-state index is -3.47. The van der Waals surface area contributed by atoms with Gasteiger partial charge in [0.1, 0.15) is 59.6 Å². The summed E-state index contributed by atoms with van der Waals surface area (Å²) < 4.78 is 112. The number of esters is 2. The van der Waals surface area contributed by atoms with Gasteiger partial charge in [0.15, 0.2) is 17.0 Å². The zero-order valence-electron chi connectivity index (χ0n) is 83.2. The van der Waals surface area contributed by atoms with Gasteiger partial charge >= 0.3 is 11.9 Å². The van der Waals surface area contributed by atoms with Gasteiger partial charge in [0.05, 0.1) is 115 Å². The van der Waals surface area contributed by atoms with E-state index < -0.39 is 100.0 Å². The van der Waals surface area contributed by atoms with Crippen LogP contribution in [0.2, 0.25) is 0 Å². The number of ether oxygens (including phenoxy) is 14. The third-order valence-corrected chi connectivity index (χ3v) is 27.8. The zero-order chi connectivity index (χ0) is 99.6. The fourth-order valence-electron chi connectivity index (χ4n) is 17.9. The number of aromatic nitrogens is 5. The number of nitrogens with zero attached hydrogens (tertiary/aromatic N) is 7. The number of aliphatic hydroxyl groups excluding tert-OH is 2. The van der Waals surface area contributed by atoms with Crippen molar-refractivity contribution in [2.75, 3.05) is 158 Å². The average Bonchev–Trinajstić information content (AvgIpc) is 1.73. The molecule has 5 aliphatic rings. The average molecular weight is 1940 g/mol. The second-order valence-corrected chi connectivity index (χ2v) is 38.7. The number of benzene rings is 2. The van der Waals surface area contributed by atoms with E-state index in [2.05, 4.69) is 34.9 Å². The predicted molar refractivity (Wildman–Crippen MR) is 518 cm³/mol. The smallest absolute Gasteiger partial charge is 0.329 e. The highest BCUT2D eigenvalue weighted by Crippen LogP contribution is 2.40. The number of fused-ring (bicyclic) bond motifs is 6. The molecule has 5 aromatic rings. The molecule has 0 spiro atoms. The summed E-state index contributed by atoms with van der Waals surface area (Å²) in [5.74, 6) is -7.54. The summed E-state index contributed by atoms with van der Waals surface area (Å²) >= 11 is 0. The van der Waals surface area contributed by atoms with E-state index in [1.165, 1.54) is 29.8 Å². The number of amides is 1. The first kappa shape index (κ1) is 114. The molecule has 10 rings (SSSR count). The van der Waals surface area contributed by atoms with Gasteiger partial charge in [0.25, 0.3) is 17.7 Å². The van der Waals surface area contributed by atoms with Crippen LogP contribution in [0.4, 0.5) is 11.8 Å². The molecule has 1 amide bonds. The molecule has 7 heterocycles. The number of hydrogen-bond acceptors (Lipinski definition) is 32. The Kier molecular flexibility index (Phi) is 49.5. The third kappa shape index (κ3) is 35.7. The molecular weight excluding hydrogens is 1790 g/mol. The van der Waals surface area contributed by atoms with E-state index >= 15 is 0 Å². The topological polar surface area (TPSA) is 455 Å². The molecule has 2 bridgehead atoms. The molecule has 7 N–H and O–H groups in total. The summed E-state index contributed by atoms with van der Waals surface area (Å²) in [6.07, 6.45) is 16.3. The van der Waals surface area contributed by atoms with Gasteiger partial charge in [-0.25, -0.2) is 27.9 Å². The van der Waals surface area contributed by atoms with Crippen LogP contribution in [0, 0.1) is 35.5 Å². The van der Waals surface area contributed by atoms with Crippen LogP contribution in [0.25, 0.3) is 33.4 Å². The maximum Gasteiger partial charge on any atom is 0.329 e. The van der Waals surface area contributed by atoms with Crippen LogP contribution < -0.4 is 11.5 Å². The Labute approximate surface area is 808 Å². The molecule has 16 atom stereocenters. The van der Waals surface area contributed by atoms with E-state index in [-0.39, 0.29) is 85.4 Å². The lowest BCUT2D eigenvalue weighted by atomic mass is 9.78. The molecule has 2 saturated heterocycles. The first-order valence-corrected chi connectivity index (χ1v) is 50.4. The molecular formula is C101H155N9O26S. The fraction of sp³-hybridized carbons (Fsp3) is 0.683. The second-order valence-electron chi connectivity index (χ2n) is 36.6. The van der Waals surface area contributed by atoms with E-state index in [4.69, 9.17) is 87.3 Å². The van der Waals surface area contributed by atoms with E-state index in [0.717, 1.165) is 53.9 Å². The van der Waals surface area contributed by atoms with Crippen molar-refractivity contribution in [1.82, 2.24) is 33.9 Å². The lowest BCUT2D eigenvalue weighted by Gasteiger charge is -2.43. The van der Waals surface area contributed by atoms with Crippen molar-refractivity contribution in [3.8, 4) is 11.3 Å². The number of rotatable bonds is 41. The lowest BCUT2D eigenvalue weighted by Crippen LogP contribution is -2.61. The Balaban J connectivity index is 0.000000296. The molecule has 0 unspecified atom stereocenters. The largest absolute Gasteiger partial charge is 0.460 e. The van der Waals surface area contributed by atoms with E-state index in [9.17, 15) is 52.5 Å². The molecule has 35 nitrogen and oxygen atoms in total. The van der Waals surface area contributed by atoms with E-state index in [0.29, 0.717) is 228 Å². The molecule has 4 aliphatic heterocycles. The first-order chi connectivity index (χ1) is 65.8. The zero-order valence-corrected chi connectivity index (χ0v) is 84.0. The number of oxazole rings is 1. The molecule has 36 heteroatoms. The van der Waals surface area contributed by atoms with Crippen LogP contribution in [0.3, 0.4) is 0 Å². The minimum Gasteiger partial charge on any atom is -0.460 e. The standard InChI is InChI=1S/C56H89NO15.C29H32N8O5S.C16H34O6/c1-34-18-13-12-14-19-35(2)46(67-9)32-42-24-22-40(7)56(65,72-42)53(62)54(63)57-26-16-15-20-43(57)55(64)71-47(33-44(58)36(3)29-39(6)51(61)52(69-11)50(60)38(5)28-34)37(4)30-41-23-25-45(48(31-41)68-10)70-49(59)21-17-27-66-8;1-41-11-9-22(38)3-2-12-43(39,40)36-10-8-19-13-18(4-5-21(19)16-36)15-37-28-25(27(30)32-17-33-28)26(35-37)20-6-7-24-23(14-20)34-29(31)42-24;1-3-5-17-7-9-19-11-13-21-15-16-22-14-12-20-10-8-18-6-4-2/h12-14,18-19,29,34,36-38,40-48,51-52,58,61,65H,15-17,20-28,30-33H2,1-11H3;4-7,13-14,17H,2-3,8-12,15-16H2,1H3,(H2,31,34)(H2,30,32,33);3-16H2,1-2H3/b14-12+,18-13+,35-19+,39-29+;;/t34-,36-,37-,38-,40-,41+,42+,43+,44-,45-,46+,47+,48-,51-,52+,56-;;/m1../s1. The maximum absolute atomic E-state index is 14.6. The Hall–Kier alpha value is -8.25. The van der Waals surface area contributed by atoms with Crippen molar-refractivity contribution in [2.45, 2.75) is 264 Å². The molecule has 3 fully saturated rings. The number of sulfonamides is 1. The minimum absolute atomic E-state index is 0.0103. The summed E-state index contributed by atoms with van der Waals surface area (Å²) in [7, 11) is 4.21. The van der Waals surface area contributed by atoms with Crippen molar-refractivity contribution < 1.29 is 123 Å². The van der Waals surface area contributed by atoms with Crippen molar-refractivity contribution in [2.24, 2.45) is 35.5 Å². The van der Waals surface area contributed by atoms with E-state index in [1.807, 2.05) is 82.3 Å². The quantitative estimate of drug-likeness (QED) is 0.0105. The van der Waals surface area contributed by atoms with Crippen LogP contribution in [-0.4, -0.2) is 300 Å². The van der Waals surface area contributed by atoms with Crippen molar-refractivity contribution in [3.63, 3.8) is 0 Å². The van der Waals surface area contributed by atoms with Crippen LogP contribution >= 0.6 is 0 Å². The number of nitrogens with two attached hydrogens (primary N) is 2. The van der Waals surface area contributed by atoms with Gasteiger partial charge in [0, 0.05) is 130 Å². The summed E-state index contributed by atoms with van der Waals surface area (Å²) in [4.78, 5) is 95.6. The molecule has 3 aromatic heterocycles. The lowest BCUT2D eigenvalue weighted by molar-refractivity contribution is -0.265. The highest BCUT2D eigenvalue weighted by Gasteiger charge is 2.53. The monoisotopic (exact) mass is 1940 g/mol. The third-order valence-electron chi connectivity index (χ3n) is 25.9. The number of aliphatic hydroxyl groups is 3.